The van der Waals surface area contributed by atoms with Crippen molar-refractivity contribution >= 4 is 0 Å². The van der Waals surface area contributed by atoms with Crippen LogP contribution in [0.3, 0.4) is 0 Å². The summed E-state index contributed by atoms with van der Waals surface area (Å²) in [6.45, 7) is 4.25. The minimum Gasteiger partial charge on any atom is -0.393 e. The molecule has 2 aliphatic rings. The minimum atomic E-state index is 0.0359. The fourth-order valence-corrected chi connectivity index (χ4v) is 2.16. The van der Waals surface area contributed by atoms with Gasteiger partial charge in [-0.3, -0.25) is 0 Å². The van der Waals surface area contributed by atoms with Crippen LogP contribution in [-0.2, 0) is 0 Å². The first kappa shape index (κ1) is 16.9. The Kier molecular flexibility index (Phi) is 12.3. The lowest BCUT2D eigenvalue weighted by molar-refractivity contribution is 0.130. The van der Waals surface area contributed by atoms with Gasteiger partial charge in [0.25, 0.3) is 0 Å². The molecule has 0 heterocycles. The SMILES string of the molecule is CCC.OC1CCCCC1.OC1CCCCC1. The highest BCUT2D eigenvalue weighted by Crippen LogP contribution is 2.16. The van der Waals surface area contributed by atoms with Crippen LogP contribution in [0.5, 0.6) is 0 Å². The van der Waals surface area contributed by atoms with E-state index in [1.807, 2.05) is 0 Å². The monoisotopic (exact) mass is 244 g/mol. The van der Waals surface area contributed by atoms with Gasteiger partial charge in [0.05, 0.1) is 12.2 Å². The lowest BCUT2D eigenvalue weighted by atomic mass is 9.98. The minimum absolute atomic E-state index is 0.0359. The van der Waals surface area contributed by atoms with E-state index in [1.165, 1.54) is 44.9 Å². The highest BCUT2D eigenvalue weighted by Gasteiger charge is 2.08. The highest BCUT2D eigenvalue weighted by molar-refractivity contribution is 4.62. The normalized spacial score (nSPS) is 21.9. The summed E-state index contributed by atoms with van der Waals surface area (Å²) in [6.07, 6.45) is 13.1. The molecule has 17 heavy (non-hydrogen) atoms. The number of rotatable bonds is 0. The number of aliphatic hydroxyl groups is 2. The van der Waals surface area contributed by atoms with Gasteiger partial charge in [-0.2, -0.15) is 0 Å². The van der Waals surface area contributed by atoms with Gasteiger partial charge in [0.15, 0.2) is 0 Å². The Hall–Kier alpha value is -0.0800. The first-order chi connectivity index (χ1) is 8.20. The number of aliphatic hydroxyl groups excluding tert-OH is 2. The van der Waals surface area contributed by atoms with Gasteiger partial charge in [-0.25, -0.2) is 0 Å². The maximum Gasteiger partial charge on any atom is 0.0540 e. The van der Waals surface area contributed by atoms with Gasteiger partial charge in [0.1, 0.15) is 0 Å². The second-order valence-electron chi connectivity index (χ2n) is 5.29. The molecule has 0 aromatic heterocycles. The molecule has 2 nitrogen and oxygen atoms in total. The molecule has 2 saturated carbocycles. The molecule has 2 aliphatic carbocycles. The van der Waals surface area contributed by atoms with Crippen molar-refractivity contribution in [2.75, 3.05) is 0 Å². The van der Waals surface area contributed by atoms with E-state index in [0.29, 0.717) is 0 Å². The summed E-state index contributed by atoms with van der Waals surface area (Å²) in [5, 5.41) is 17.8. The van der Waals surface area contributed by atoms with E-state index < -0.39 is 0 Å². The van der Waals surface area contributed by atoms with Crippen LogP contribution >= 0.6 is 0 Å². The third-order valence-corrected chi connectivity index (χ3v) is 3.15. The van der Waals surface area contributed by atoms with Crippen molar-refractivity contribution in [1.29, 1.82) is 0 Å². The van der Waals surface area contributed by atoms with Crippen molar-refractivity contribution in [1.82, 2.24) is 0 Å². The third kappa shape index (κ3) is 12.2. The van der Waals surface area contributed by atoms with Crippen molar-refractivity contribution in [3.05, 3.63) is 0 Å². The van der Waals surface area contributed by atoms with Crippen molar-refractivity contribution < 1.29 is 10.2 Å². The molecule has 104 valence electrons. The molecule has 0 aromatic carbocycles. The molecule has 0 amide bonds. The van der Waals surface area contributed by atoms with Crippen LogP contribution in [0.4, 0.5) is 0 Å². The van der Waals surface area contributed by atoms with E-state index in [-0.39, 0.29) is 12.2 Å². The molecule has 0 unspecified atom stereocenters. The molecule has 2 N–H and O–H groups in total. The molecule has 2 fully saturated rings. The number of hydrogen-bond acceptors (Lipinski definition) is 2. The first-order valence-electron chi connectivity index (χ1n) is 7.56. The second kappa shape index (κ2) is 12.4. The van der Waals surface area contributed by atoms with Crippen LogP contribution in [0, 0.1) is 0 Å². The summed E-state index contributed by atoms with van der Waals surface area (Å²) in [4.78, 5) is 0. The molecule has 0 aliphatic heterocycles. The van der Waals surface area contributed by atoms with Gasteiger partial charge < -0.3 is 10.2 Å². The topological polar surface area (TPSA) is 40.5 Å². The molecule has 2 rings (SSSR count). The lowest BCUT2D eigenvalue weighted by Crippen LogP contribution is -2.09. The first-order valence-corrected chi connectivity index (χ1v) is 7.56. The Bertz CT molecular complexity index is 120. The average Bonchev–Trinajstić information content (AvgIpc) is 2.33. The van der Waals surface area contributed by atoms with Crippen molar-refractivity contribution in [2.24, 2.45) is 0 Å². The van der Waals surface area contributed by atoms with Gasteiger partial charge >= 0.3 is 0 Å². The molecule has 0 bridgehead atoms. The van der Waals surface area contributed by atoms with E-state index >= 15 is 0 Å². The van der Waals surface area contributed by atoms with Crippen LogP contribution in [0.25, 0.3) is 0 Å². The van der Waals surface area contributed by atoms with Crippen molar-refractivity contribution in [3.63, 3.8) is 0 Å². The average molecular weight is 244 g/mol. The third-order valence-electron chi connectivity index (χ3n) is 3.15. The summed E-state index contributed by atoms with van der Waals surface area (Å²) < 4.78 is 0. The fraction of sp³-hybridized carbons (Fsp3) is 1.00. The van der Waals surface area contributed by atoms with Crippen molar-refractivity contribution in [3.8, 4) is 0 Å². The fourth-order valence-electron chi connectivity index (χ4n) is 2.16. The Morgan fingerprint density at radius 2 is 0.882 bits per heavy atom. The molecule has 0 aromatic rings. The van der Waals surface area contributed by atoms with E-state index in [9.17, 15) is 0 Å². The smallest absolute Gasteiger partial charge is 0.0540 e. The Morgan fingerprint density at radius 3 is 1.00 bits per heavy atom. The number of hydrogen-bond donors (Lipinski definition) is 2. The van der Waals surface area contributed by atoms with Gasteiger partial charge in [-0.05, 0) is 25.7 Å². The van der Waals surface area contributed by atoms with Crippen LogP contribution in [-0.4, -0.2) is 22.4 Å². The quantitative estimate of drug-likeness (QED) is 0.675. The summed E-state index contributed by atoms with van der Waals surface area (Å²) >= 11 is 0. The van der Waals surface area contributed by atoms with Gasteiger partial charge in [0.2, 0.25) is 0 Å². The van der Waals surface area contributed by atoms with Crippen LogP contribution in [0.2, 0.25) is 0 Å². The lowest BCUT2D eigenvalue weighted by Gasteiger charge is -2.14. The summed E-state index contributed by atoms with van der Waals surface area (Å²) in [5.74, 6) is 0. The zero-order valence-corrected chi connectivity index (χ0v) is 11.8. The predicted molar refractivity (Wildman–Crippen MR) is 74.1 cm³/mol. The summed E-state index contributed by atoms with van der Waals surface area (Å²) in [6, 6.07) is 0. The van der Waals surface area contributed by atoms with Gasteiger partial charge in [-0.1, -0.05) is 58.8 Å². The van der Waals surface area contributed by atoms with Crippen LogP contribution in [0.1, 0.15) is 84.5 Å². The largest absolute Gasteiger partial charge is 0.393 e. The van der Waals surface area contributed by atoms with Crippen LogP contribution in [0.15, 0.2) is 0 Å². The van der Waals surface area contributed by atoms with Gasteiger partial charge in [-0.15, -0.1) is 0 Å². The molecular formula is C15H32O2. The van der Waals surface area contributed by atoms with E-state index in [2.05, 4.69) is 13.8 Å². The standard InChI is InChI=1S/2C6H12O.C3H8/c2*7-6-4-2-1-3-5-6;1-3-2/h2*6-7H,1-5H2;3H2,1-2H3. The summed E-state index contributed by atoms with van der Waals surface area (Å²) in [5.41, 5.74) is 0. The maximum absolute atomic E-state index is 8.91. The van der Waals surface area contributed by atoms with Gasteiger partial charge in [0, 0.05) is 0 Å². The predicted octanol–water partition coefficient (Wildman–Crippen LogP) is 4.04. The maximum atomic E-state index is 8.91. The van der Waals surface area contributed by atoms with E-state index in [0.717, 1.165) is 25.7 Å². The second-order valence-corrected chi connectivity index (χ2v) is 5.29. The Morgan fingerprint density at radius 1 is 0.647 bits per heavy atom. The molecule has 0 spiro atoms. The summed E-state index contributed by atoms with van der Waals surface area (Å²) in [7, 11) is 0. The molecule has 2 heteroatoms. The zero-order chi connectivity index (χ0) is 12.9. The molecule has 0 atom stereocenters. The molecule has 0 saturated heterocycles. The van der Waals surface area contributed by atoms with E-state index in [1.54, 1.807) is 0 Å². The highest BCUT2D eigenvalue weighted by atomic mass is 16.3. The Balaban J connectivity index is 0.000000247. The van der Waals surface area contributed by atoms with Crippen LogP contribution < -0.4 is 0 Å². The van der Waals surface area contributed by atoms with E-state index in [4.69, 9.17) is 10.2 Å². The Labute approximate surface area is 107 Å². The van der Waals surface area contributed by atoms with Crippen molar-refractivity contribution in [2.45, 2.75) is 96.7 Å². The molecule has 0 radical (unpaired) electrons. The zero-order valence-electron chi connectivity index (χ0n) is 11.8. The molecular weight excluding hydrogens is 212 g/mol.